The molecule has 1 atom stereocenters. The molecule has 1 unspecified atom stereocenters. The van der Waals surface area contributed by atoms with Crippen LogP contribution >= 0.6 is 0 Å². The lowest BCUT2D eigenvalue weighted by Gasteiger charge is -2.14. The zero-order valence-electron chi connectivity index (χ0n) is 10.8. The maximum Gasteiger partial charge on any atom is 0.183 e. The van der Waals surface area contributed by atoms with E-state index in [4.69, 9.17) is 0 Å². The molecule has 0 aliphatic carbocycles. The first kappa shape index (κ1) is 11.8. The number of nitrogens with one attached hydrogen (secondary N) is 2. The predicted octanol–water partition coefficient (Wildman–Crippen LogP) is 2.69. The van der Waals surface area contributed by atoms with Gasteiger partial charge in [-0.1, -0.05) is 20.8 Å². The summed E-state index contributed by atoms with van der Waals surface area (Å²) in [7, 11) is 0. The van der Waals surface area contributed by atoms with E-state index < -0.39 is 0 Å². The lowest BCUT2D eigenvalue weighted by molar-refractivity contribution is 0.745. The molecule has 0 radical (unpaired) electrons. The van der Waals surface area contributed by atoms with E-state index in [0.29, 0.717) is 12.0 Å². The van der Waals surface area contributed by atoms with Gasteiger partial charge in [-0.15, -0.1) is 0 Å². The van der Waals surface area contributed by atoms with Crippen LogP contribution in [0.3, 0.4) is 0 Å². The van der Waals surface area contributed by atoms with Gasteiger partial charge in [0.15, 0.2) is 11.5 Å². The van der Waals surface area contributed by atoms with Crippen molar-refractivity contribution in [2.24, 2.45) is 0 Å². The highest BCUT2D eigenvalue weighted by Crippen LogP contribution is 2.21. The minimum atomic E-state index is 0.300. The van der Waals surface area contributed by atoms with E-state index in [1.807, 2.05) is 0 Å². The highest BCUT2D eigenvalue weighted by Gasteiger charge is 2.13. The Morgan fingerprint density at radius 2 is 2.06 bits per heavy atom. The molecule has 0 aliphatic heterocycles. The smallest absolute Gasteiger partial charge is 0.183 e. The summed E-state index contributed by atoms with van der Waals surface area (Å²) in [5.41, 5.74) is 1.62. The summed E-state index contributed by atoms with van der Waals surface area (Å²) in [6, 6.07) is 0.386. The van der Waals surface area contributed by atoms with Gasteiger partial charge in [0, 0.05) is 12.0 Å². The molecule has 2 N–H and O–H groups in total. The first-order valence-corrected chi connectivity index (χ1v) is 6.09. The predicted molar refractivity (Wildman–Crippen MR) is 69.1 cm³/mol. The largest absolute Gasteiger partial charge is 0.366 e. The molecule has 0 saturated carbocycles. The molecule has 0 saturated heterocycles. The van der Waals surface area contributed by atoms with Crippen LogP contribution in [0.15, 0.2) is 6.33 Å². The van der Waals surface area contributed by atoms with Gasteiger partial charge in [-0.05, 0) is 13.3 Å². The third-order valence-electron chi connectivity index (χ3n) is 2.81. The second kappa shape index (κ2) is 4.69. The van der Waals surface area contributed by atoms with E-state index in [1.165, 1.54) is 0 Å². The van der Waals surface area contributed by atoms with Crippen molar-refractivity contribution in [3.8, 4) is 0 Å². The van der Waals surface area contributed by atoms with Gasteiger partial charge in [0.1, 0.15) is 11.3 Å². The minimum Gasteiger partial charge on any atom is -0.366 e. The molecule has 2 heterocycles. The van der Waals surface area contributed by atoms with Crippen molar-refractivity contribution < 1.29 is 0 Å². The number of H-pyrrole nitrogens is 1. The first-order chi connectivity index (χ1) is 8.11. The van der Waals surface area contributed by atoms with Gasteiger partial charge in [-0.25, -0.2) is 15.0 Å². The molecule has 2 rings (SSSR count). The van der Waals surface area contributed by atoms with Crippen molar-refractivity contribution >= 4 is 17.0 Å². The molecule has 0 aliphatic rings. The summed E-state index contributed by atoms with van der Waals surface area (Å²) in [5, 5.41) is 3.39. The second-order valence-corrected chi connectivity index (χ2v) is 4.64. The van der Waals surface area contributed by atoms with Gasteiger partial charge in [0.05, 0.1) is 6.33 Å². The van der Waals surface area contributed by atoms with Crippen molar-refractivity contribution in [3.05, 3.63) is 12.2 Å². The Morgan fingerprint density at radius 3 is 2.71 bits per heavy atom. The summed E-state index contributed by atoms with van der Waals surface area (Å²) < 4.78 is 0. The van der Waals surface area contributed by atoms with Gasteiger partial charge in [-0.2, -0.15) is 0 Å². The van der Waals surface area contributed by atoms with Crippen LogP contribution in [0.2, 0.25) is 0 Å². The van der Waals surface area contributed by atoms with Crippen LogP contribution in [0.4, 0.5) is 5.82 Å². The van der Waals surface area contributed by atoms with E-state index in [1.54, 1.807) is 6.33 Å². The van der Waals surface area contributed by atoms with Crippen LogP contribution in [0.5, 0.6) is 0 Å². The van der Waals surface area contributed by atoms with Gasteiger partial charge >= 0.3 is 0 Å². The van der Waals surface area contributed by atoms with E-state index >= 15 is 0 Å². The van der Waals surface area contributed by atoms with Crippen molar-refractivity contribution in [2.45, 2.75) is 46.1 Å². The number of hydrogen-bond acceptors (Lipinski definition) is 4. The highest BCUT2D eigenvalue weighted by atomic mass is 15.1. The van der Waals surface area contributed by atoms with Gasteiger partial charge in [0.2, 0.25) is 0 Å². The summed E-state index contributed by atoms with van der Waals surface area (Å²) in [6.45, 7) is 8.45. The Kier molecular flexibility index (Phi) is 3.26. The third kappa shape index (κ3) is 2.38. The number of fused-ring (bicyclic) bond motifs is 1. The van der Waals surface area contributed by atoms with E-state index in [9.17, 15) is 0 Å². The van der Waals surface area contributed by atoms with Crippen LogP contribution in [-0.2, 0) is 0 Å². The van der Waals surface area contributed by atoms with E-state index in [2.05, 4.69) is 52.9 Å². The Hall–Kier alpha value is -1.65. The maximum atomic E-state index is 4.57. The molecule has 2 aromatic rings. The zero-order chi connectivity index (χ0) is 12.4. The van der Waals surface area contributed by atoms with E-state index in [0.717, 1.165) is 29.2 Å². The molecule has 5 heteroatoms. The fourth-order valence-electron chi connectivity index (χ4n) is 1.55. The molecule has 2 aromatic heterocycles. The number of hydrogen-bond donors (Lipinski definition) is 2. The molecule has 0 amide bonds. The lowest BCUT2D eigenvalue weighted by atomic mass is 10.2. The average molecular weight is 233 g/mol. The van der Waals surface area contributed by atoms with Crippen LogP contribution in [-0.4, -0.2) is 26.0 Å². The summed E-state index contributed by atoms with van der Waals surface area (Å²) in [6.07, 6.45) is 2.71. The molecule has 5 nitrogen and oxygen atoms in total. The Bertz CT molecular complexity index is 503. The summed E-state index contributed by atoms with van der Waals surface area (Å²) >= 11 is 0. The molecule has 0 bridgehead atoms. The van der Waals surface area contributed by atoms with Crippen LogP contribution in [0.1, 0.15) is 45.9 Å². The van der Waals surface area contributed by atoms with Crippen molar-refractivity contribution in [1.29, 1.82) is 0 Å². The highest BCUT2D eigenvalue weighted by molar-refractivity contribution is 5.82. The Morgan fingerprint density at radius 1 is 1.29 bits per heavy atom. The molecule has 0 aromatic carbocycles. The Labute approximate surface area is 101 Å². The van der Waals surface area contributed by atoms with Crippen LogP contribution in [0, 0.1) is 0 Å². The Balaban J connectivity index is 2.47. The number of aromatic nitrogens is 4. The molecular formula is C12H19N5. The number of rotatable bonds is 4. The van der Waals surface area contributed by atoms with Crippen molar-refractivity contribution in [3.63, 3.8) is 0 Å². The fourth-order valence-corrected chi connectivity index (χ4v) is 1.55. The zero-order valence-corrected chi connectivity index (χ0v) is 10.8. The van der Waals surface area contributed by atoms with Gasteiger partial charge in [-0.3, -0.25) is 0 Å². The molecule has 92 valence electrons. The third-order valence-corrected chi connectivity index (χ3v) is 2.81. The number of nitrogens with zero attached hydrogens (tertiary/aromatic N) is 3. The van der Waals surface area contributed by atoms with Crippen LogP contribution in [0.25, 0.3) is 11.2 Å². The van der Waals surface area contributed by atoms with E-state index in [-0.39, 0.29) is 0 Å². The standard InChI is InChI=1S/C12H19N5/c1-5-8(4)15-12-9-11(14-6-13-9)16-10(17-12)7(2)3/h6-8H,5H2,1-4H3,(H2,13,14,15,16,17). The number of aromatic amines is 1. The van der Waals surface area contributed by atoms with Crippen molar-refractivity contribution in [2.75, 3.05) is 5.32 Å². The molecule has 0 fully saturated rings. The number of imidazole rings is 1. The average Bonchev–Trinajstić information content (AvgIpc) is 2.76. The monoisotopic (exact) mass is 233 g/mol. The number of anilines is 1. The topological polar surface area (TPSA) is 66.5 Å². The normalized spacial score (nSPS) is 13.2. The lowest BCUT2D eigenvalue weighted by Crippen LogP contribution is -2.16. The minimum absolute atomic E-state index is 0.300. The first-order valence-electron chi connectivity index (χ1n) is 6.09. The van der Waals surface area contributed by atoms with Crippen LogP contribution < -0.4 is 5.32 Å². The SMILES string of the molecule is CCC(C)Nc1nc(C(C)C)nc2nc[nH]c12. The van der Waals surface area contributed by atoms with Crippen molar-refractivity contribution in [1.82, 2.24) is 19.9 Å². The second-order valence-electron chi connectivity index (χ2n) is 4.64. The molecule has 0 spiro atoms. The molecule has 17 heavy (non-hydrogen) atoms. The maximum absolute atomic E-state index is 4.57. The van der Waals surface area contributed by atoms with Gasteiger partial charge < -0.3 is 10.3 Å². The van der Waals surface area contributed by atoms with Gasteiger partial charge in [0.25, 0.3) is 0 Å². The molecular weight excluding hydrogens is 214 g/mol. The fraction of sp³-hybridized carbons (Fsp3) is 0.583. The summed E-state index contributed by atoms with van der Waals surface area (Å²) in [5.74, 6) is 1.98. The quantitative estimate of drug-likeness (QED) is 0.852. The summed E-state index contributed by atoms with van der Waals surface area (Å²) in [4.78, 5) is 16.3.